The van der Waals surface area contributed by atoms with E-state index in [1.54, 1.807) is 7.11 Å². The highest BCUT2D eigenvalue weighted by Crippen LogP contribution is 2.30. The van der Waals surface area contributed by atoms with Crippen molar-refractivity contribution in [2.75, 3.05) is 7.11 Å². The fraction of sp³-hybridized carbons (Fsp3) is 1.00. The van der Waals surface area contributed by atoms with E-state index < -0.39 is 0 Å². The molecule has 0 radical (unpaired) electrons. The van der Waals surface area contributed by atoms with Gasteiger partial charge in [-0.25, -0.2) is 0 Å². The summed E-state index contributed by atoms with van der Waals surface area (Å²) in [4.78, 5) is 0. The molecule has 1 aliphatic heterocycles. The van der Waals surface area contributed by atoms with Gasteiger partial charge >= 0.3 is 0 Å². The van der Waals surface area contributed by atoms with Crippen LogP contribution >= 0.6 is 0 Å². The summed E-state index contributed by atoms with van der Waals surface area (Å²) in [6.45, 7) is 6.58. The molecule has 72 valence electrons. The summed E-state index contributed by atoms with van der Waals surface area (Å²) in [5.74, 6) is 1.23. The van der Waals surface area contributed by atoms with Gasteiger partial charge in [0, 0.05) is 13.0 Å². The van der Waals surface area contributed by atoms with E-state index in [9.17, 15) is 0 Å². The van der Waals surface area contributed by atoms with Crippen molar-refractivity contribution in [1.29, 1.82) is 0 Å². The maximum absolute atomic E-state index is 5.69. The highest BCUT2D eigenvalue weighted by Gasteiger charge is 2.31. The van der Waals surface area contributed by atoms with Gasteiger partial charge in [-0.05, 0) is 25.7 Å². The van der Waals surface area contributed by atoms with Crippen molar-refractivity contribution in [2.45, 2.75) is 46.0 Å². The van der Waals surface area contributed by atoms with E-state index in [0.29, 0.717) is 17.9 Å². The zero-order chi connectivity index (χ0) is 9.14. The molecule has 0 aromatic carbocycles. The molecule has 3 unspecified atom stereocenters. The van der Waals surface area contributed by atoms with E-state index in [4.69, 9.17) is 9.47 Å². The van der Waals surface area contributed by atoms with Crippen molar-refractivity contribution in [3.05, 3.63) is 0 Å². The molecule has 0 spiro atoms. The molecule has 0 aromatic heterocycles. The Morgan fingerprint density at radius 3 is 2.50 bits per heavy atom. The van der Waals surface area contributed by atoms with Crippen molar-refractivity contribution in [3.8, 4) is 0 Å². The summed E-state index contributed by atoms with van der Waals surface area (Å²) in [6.07, 6.45) is 2.79. The van der Waals surface area contributed by atoms with Crippen LogP contribution in [-0.2, 0) is 9.47 Å². The lowest BCUT2D eigenvalue weighted by atomic mass is 9.87. The van der Waals surface area contributed by atoms with E-state index in [-0.39, 0.29) is 6.29 Å². The van der Waals surface area contributed by atoms with Crippen LogP contribution in [0.2, 0.25) is 0 Å². The van der Waals surface area contributed by atoms with Crippen LogP contribution in [0.1, 0.15) is 33.6 Å². The van der Waals surface area contributed by atoms with Crippen molar-refractivity contribution < 1.29 is 9.47 Å². The van der Waals surface area contributed by atoms with E-state index in [1.807, 2.05) is 0 Å². The first-order valence-corrected chi connectivity index (χ1v) is 4.83. The quantitative estimate of drug-likeness (QED) is 0.637. The summed E-state index contributed by atoms with van der Waals surface area (Å²) in [7, 11) is 1.73. The van der Waals surface area contributed by atoms with Gasteiger partial charge in [0.1, 0.15) is 0 Å². The number of hydrogen-bond donors (Lipinski definition) is 0. The molecule has 12 heavy (non-hydrogen) atoms. The normalized spacial score (nSPS) is 37.2. The van der Waals surface area contributed by atoms with E-state index >= 15 is 0 Å². The molecular formula is C10H20O2. The average molecular weight is 172 g/mol. The lowest BCUT2D eigenvalue weighted by Crippen LogP contribution is -2.37. The maximum atomic E-state index is 5.69. The van der Waals surface area contributed by atoms with Gasteiger partial charge in [-0.15, -0.1) is 0 Å². The lowest BCUT2D eigenvalue weighted by Gasteiger charge is -2.36. The van der Waals surface area contributed by atoms with Crippen LogP contribution in [-0.4, -0.2) is 19.5 Å². The van der Waals surface area contributed by atoms with Gasteiger partial charge in [-0.2, -0.15) is 0 Å². The molecule has 0 saturated carbocycles. The van der Waals surface area contributed by atoms with Crippen LogP contribution in [0.15, 0.2) is 0 Å². The summed E-state index contributed by atoms with van der Waals surface area (Å²) >= 11 is 0. The summed E-state index contributed by atoms with van der Waals surface area (Å²) in [5, 5.41) is 0. The van der Waals surface area contributed by atoms with Crippen molar-refractivity contribution in [1.82, 2.24) is 0 Å². The average Bonchev–Trinajstić information content (AvgIpc) is 2.03. The Morgan fingerprint density at radius 1 is 1.33 bits per heavy atom. The van der Waals surface area contributed by atoms with Gasteiger partial charge in [0.2, 0.25) is 0 Å². The molecule has 0 bridgehead atoms. The molecule has 2 nitrogen and oxygen atoms in total. The van der Waals surface area contributed by atoms with Crippen LogP contribution in [0.25, 0.3) is 0 Å². The zero-order valence-corrected chi connectivity index (χ0v) is 8.54. The Hall–Kier alpha value is -0.0800. The Kier molecular flexibility index (Phi) is 3.53. The fourth-order valence-electron chi connectivity index (χ4n) is 1.84. The minimum Gasteiger partial charge on any atom is -0.356 e. The maximum Gasteiger partial charge on any atom is 0.160 e. The van der Waals surface area contributed by atoms with Gasteiger partial charge < -0.3 is 9.47 Å². The first-order valence-electron chi connectivity index (χ1n) is 4.83. The molecule has 1 rings (SSSR count). The summed E-state index contributed by atoms with van der Waals surface area (Å²) < 4.78 is 11.0. The molecular weight excluding hydrogens is 152 g/mol. The second-order valence-corrected chi connectivity index (χ2v) is 4.04. The van der Waals surface area contributed by atoms with Gasteiger partial charge in [-0.1, -0.05) is 13.8 Å². The highest BCUT2D eigenvalue weighted by molar-refractivity contribution is 4.74. The third-order valence-electron chi connectivity index (χ3n) is 2.71. The minimum absolute atomic E-state index is 0.0220. The molecule has 1 heterocycles. The molecule has 2 heteroatoms. The summed E-state index contributed by atoms with van der Waals surface area (Å²) in [6, 6.07) is 0. The molecule has 1 fully saturated rings. The van der Waals surface area contributed by atoms with Crippen LogP contribution in [0.4, 0.5) is 0 Å². The Morgan fingerprint density at radius 2 is 2.00 bits per heavy atom. The van der Waals surface area contributed by atoms with Crippen LogP contribution in [0.5, 0.6) is 0 Å². The molecule has 0 aliphatic carbocycles. The largest absolute Gasteiger partial charge is 0.356 e. The lowest BCUT2D eigenvalue weighted by molar-refractivity contribution is -0.212. The Balaban J connectivity index is 2.50. The minimum atomic E-state index is 0.0220. The van der Waals surface area contributed by atoms with Crippen molar-refractivity contribution in [3.63, 3.8) is 0 Å². The Bertz CT molecular complexity index is 134. The monoisotopic (exact) mass is 172 g/mol. The van der Waals surface area contributed by atoms with Gasteiger partial charge in [0.05, 0.1) is 6.10 Å². The van der Waals surface area contributed by atoms with E-state index in [1.165, 1.54) is 12.8 Å². The molecule has 0 amide bonds. The predicted molar refractivity (Wildman–Crippen MR) is 48.9 cm³/mol. The third-order valence-corrected chi connectivity index (χ3v) is 2.71. The Labute approximate surface area is 75.2 Å². The fourth-order valence-corrected chi connectivity index (χ4v) is 1.84. The number of hydrogen-bond acceptors (Lipinski definition) is 2. The second-order valence-electron chi connectivity index (χ2n) is 4.04. The first-order chi connectivity index (χ1) is 5.65. The molecule has 0 aromatic rings. The number of methoxy groups -OCH3 is 1. The van der Waals surface area contributed by atoms with Gasteiger partial charge in [0.25, 0.3) is 0 Å². The zero-order valence-electron chi connectivity index (χ0n) is 8.54. The van der Waals surface area contributed by atoms with Crippen LogP contribution in [0, 0.1) is 11.8 Å². The van der Waals surface area contributed by atoms with Crippen LogP contribution in [0.3, 0.4) is 0 Å². The number of ether oxygens (including phenoxy) is 2. The highest BCUT2D eigenvalue weighted by atomic mass is 16.7. The topological polar surface area (TPSA) is 18.5 Å². The standard InChI is InChI=1S/C10H20O2/c1-7(2)9-6-5-8(3)12-10(9)11-4/h7-10H,5-6H2,1-4H3. The van der Waals surface area contributed by atoms with Crippen molar-refractivity contribution in [2.24, 2.45) is 11.8 Å². The van der Waals surface area contributed by atoms with E-state index in [0.717, 1.165) is 0 Å². The predicted octanol–water partition coefficient (Wildman–Crippen LogP) is 2.43. The van der Waals surface area contributed by atoms with Gasteiger partial charge in [-0.3, -0.25) is 0 Å². The van der Waals surface area contributed by atoms with Crippen LogP contribution < -0.4 is 0 Å². The molecule has 1 aliphatic rings. The van der Waals surface area contributed by atoms with Gasteiger partial charge in [0.15, 0.2) is 6.29 Å². The summed E-state index contributed by atoms with van der Waals surface area (Å²) in [5.41, 5.74) is 0. The van der Waals surface area contributed by atoms with Crippen molar-refractivity contribution >= 4 is 0 Å². The second kappa shape index (κ2) is 4.24. The molecule has 0 N–H and O–H groups in total. The first kappa shape index (κ1) is 10.0. The SMILES string of the molecule is COC1OC(C)CCC1C(C)C. The molecule has 3 atom stereocenters. The molecule has 1 saturated heterocycles. The smallest absolute Gasteiger partial charge is 0.160 e. The number of rotatable bonds is 2. The third kappa shape index (κ3) is 2.20. The van der Waals surface area contributed by atoms with E-state index in [2.05, 4.69) is 20.8 Å².